The molecule has 1 aliphatic carbocycles. The molecule has 1 aromatic heterocycles. The number of carbonyl (C=O) groups is 1. The lowest BCUT2D eigenvalue weighted by Gasteiger charge is -2.36. The molecule has 0 radical (unpaired) electrons. The Hall–Kier alpha value is -0.940. The molecule has 4 nitrogen and oxygen atoms in total. The SMILES string of the molecule is Cn1ccsc1=NC(=O)C1CCCCC1(C)N. The highest BCUT2D eigenvalue weighted by atomic mass is 32.1. The standard InChI is InChI=1S/C12H19N3OS/c1-12(13)6-4-3-5-9(12)10(16)14-11-15(2)7-8-17-11/h7-9H,3-6,13H2,1-2H3. The first-order chi connectivity index (χ1) is 8.00. The third-order valence-corrected chi connectivity index (χ3v) is 4.37. The van der Waals surface area contributed by atoms with Crippen LogP contribution in [0.5, 0.6) is 0 Å². The van der Waals surface area contributed by atoms with Crippen LogP contribution >= 0.6 is 11.3 Å². The van der Waals surface area contributed by atoms with E-state index in [1.807, 2.05) is 30.1 Å². The fraction of sp³-hybridized carbons (Fsp3) is 0.667. The van der Waals surface area contributed by atoms with E-state index in [-0.39, 0.29) is 11.8 Å². The normalized spacial score (nSPS) is 30.5. The van der Waals surface area contributed by atoms with Gasteiger partial charge in [-0.1, -0.05) is 12.8 Å². The van der Waals surface area contributed by atoms with Gasteiger partial charge in [-0.3, -0.25) is 4.79 Å². The number of hydrogen-bond donors (Lipinski definition) is 1. The first-order valence-corrected chi connectivity index (χ1v) is 6.86. The van der Waals surface area contributed by atoms with Crippen LogP contribution < -0.4 is 10.5 Å². The van der Waals surface area contributed by atoms with Crippen LogP contribution in [-0.4, -0.2) is 16.0 Å². The maximum Gasteiger partial charge on any atom is 0.253 e. The Morgan fingerprint density at radius 3 is 3.00 bits per heavy atom. The van der Waals surface area contributed by atoms with Crippen LogP contribution in [0.1, 0.15) is 32.6 Å². The van der Waals surface area contributed by atoms with E-state index in [2.05, 4.69) is 4.99 Å². The van der Waals surface area contributed by atoms with Crippen LogP contribution in [0.3, 0.4) is 0 Å². The van der Waals surface area contributed by atoms with Crippen LogP contribution in [0.2, 0.25) is 0 Å². The Bertz CT molecular complexity index is 472. The van der Waals surface area contributed by atoms with Gasteiger partial charge in [0, 0.05) is 24.2 Å². The van der Waals surface area contributed by atoms with Crippen molar-refractivity contribution < 1.29 is 4.79 Å². The number of hydrogen-bond acceptors (Lipinski definition) is 3. The highest BCUT2D eigenvalue weighted by Crippen LogP contribution is 2.32. The monoisotopic (exact) mass is 253 g/mol. The van der Waals surface area contributed by atoms with E-state index in [0.717, 1.165) is 30.5 Å². The van der Waals surface area contributed by atoms with E-state index in [0.29, 0.717) is 0 Å². The molecule has 2 unspecified atom stereocenters. The zero-order valence-corrected chi connectivity index (χ0v) is 11.2. The molecule has 0 bridgehead atoms. The molecule has 2 rings (SSSR count). The number of aryl methyl sites for hydroxylation is 1. The quantitative estimate of drug-likeness (QED) is 0.823. The average Bonchev–Trinajstić information content (AvgIpc) is 2.63. The van der Waals surface area contributed by atoms with Crippen molar-refractivity contribution >= 4 is 17.2 Å². The molecule has 5 heteroatoms. The summed E-state index contributed by atoms with van der Waals surface area (Å²) in [5, 5.41) is 1.93. The molecule has 0 spiro atoms. The fourth-order valence-electron chi connectivity index (χ4n) is 2.37. The lowest BCUT2D eigenvalue weighted by atomic mass is 9.74. The third kappa shape index (κ3) is 2.66. The highest BCUT2D eigenvalue weighted by molar-refractivity contribution is 7.07. The maximum absolute atomic E-state index is 12.2. The molecule has 2 atom stereocenters. The molecule has 94 valence electrons. The molecule has 17 heavy (non-hydrogen) atoms. The van der Waals surface area contributed by atoms with Gasteiger partial charge < -0.3 is 10.3 Å². The molecule has 1 amide bonds. The summed E-state index contributed by atoms with van der Waals surface area (Å²) >= 11 is 1.48. The van der Waals surface area contributed by atoms with E-state index < -0.39 is 5.54 Å². The van der Waals surface area contributed by atoms with Crippen molar-refractivity contribution in [3.63, 3.8) is 0 Å². The van der Waals surface area contributed by atoms with Gasteiger partial charge in [-0.15, -0.1) is 11.3 Å². The number of aromatic nitrogens is 1. The highest BCUT2D eigenvalue weighted by Gasteiger charge is 2.37. The topological polar surface area (TPSA) is 60.4 Å². The molecule has 0 aliphatic heterocycles. The first-order valence-electron chi connectivity index (χ1n) is 5.98. The van der Waals surface area contributed by atoms with Gasteiger partial charge in [-0.2, -0.15) is 4.99 Å². The van der Waals surface area contributed by atoms with Gasteiger partial charge in [0.2, 0.25) is 0 Å². The summed E-state index contributed by atoms with van der Waals surface area (Å²) in [6, 6.07) is 0. The number of carbonyl (C=O) groups excluding carboxylic acids is 1. The minimum atomic E-state index is -0.394. The van der Waals surface area contributed by atoms with Crippen LogP contribution in [0.4, 0.5) is 0 Å². The first kappa shape index (κ1) is 12.5. The maximum atomic E-state index is 12.2. The van der Waals surface area contributed by atoms with Crippen molar-refractivity contribution in [3.8, 4) is 0 Å². The minimum Gasteiger partial charge on any atom is -0.327 e. The lowest BCUT2D eigenvalue weighted by Crippen LogP contribution is -2.49. The number of nitrogens with two attached hydrogens (primary N) is 1. The van der Waals surface area contributed by atoms with Crippen LogP contribution in [-0.2, 0) is 11.8 Å². The Kier molecular flexibility index (Phi) is 3.49. The predicted molar refractivity (Wildman–Crippen MR) is 68.4 cm³/mol. The van der Waals surface area contributed by atoms with Gasteiger partial charge in [-0.05, 0) is 19.8 Å². The summed E-state index contributed by atoms with van der Waals surface area (Å²) in [5.41, 5.74) is 5.81. The van der Waals surface area contributed by atoms with Gasteiger partial charge in [0.25, 0.3) is 5.91 Å². The summed E-state index contributed by atoms with van der Waals surface area (Å²) in [5.74, 6) is -0.189. The molecular formula is C12H19N3OS. The average molecular weight is 253 g/mol. The Morgan fingerprint density at radius 2 is 2.41 bits per heavy atom. The van der Waals surface area contributed by atoms with Gasteiger partial charge >= 0.3 is 0 Å². The number of nitrogens with zero attached hydrogens (tertiary/aromatic N) is 2. The van der Waals surface area contributed by atoms with Crippen molar-refractivity contribution in [3.05, 3.63) is 16.4 Å². The zero-order valence-electron chi connectivity index (χ0n) is 10.3. The van der Waals surface area contributed by atoms with E-state index in [4.69, 9.17) is 5.73 Å². The second-order valence-corrected chi connectivity index (χ2v) is 5.92. The van der Waals surface area contributed by atoms with Crippen molar-refractivity contribution in [2.75, 3.05) is 0 Å². The van der Waals surface area contributed by atoms with Crippen LogP contribution in [0.15, 0.2) is 16.6 Å². The molecule has 1 aromatic rings. The van der Waals surface area contributed by atoms with Crippen molar-refractivity contribution in [1.29, 1.82) is 0 Å². The summed E-state index contributed by atoms with van der Waals surface area (Å²) in [4.78, 5) is 17.1. The molecule has 0 saturated heterocycles. The van der Waals surface area contributed by atoms with E-state index in [1.54, 1.807) is 0 Å². The van der Waals surface area contributed by atoms with E-state index in [1.165, 1.54) is 11.3 Å². The van der Waals surface area contributed by atoms with Gasteiger partial charge in [0.05, 0.1) is 5.92 Å². The summed E-state index contributed by atoms with van der Waals surface area (Å²) in [7, 11) is 1.89. The summed E-state index contributed by atoms with van der Waals surface area (Å²) in [6.45, 7) is 1.97. The number of rotatable bonds is 1. The molecule has 1 aliphatic rings. The number of amides is 1. The summed E-state index contributed by atoms with van der Waals surface area (Å²) < 4.78 is 1.86. The third-order valence-electron chi connectivity index (χ3n) is 3.52. The lowest BCUT2D eigenvalue weighted by molar-refractivity contribution is -0.124. The molecular weight excluding hydrogens is 234 g/mol. The Morgan fingerprint density at radius 1 is 1.65 bits per heavy atom. The second kappa shape index (κ2) is 4.74. The fourth-order valence-corrected chi connectivity index (χ4v) is 3.11. The van der Waals surface area contributed by atoms with Gasteiger partial charge in [0.15, 0.2) is 4.80 Å². The molecule has 0 aromatic carbocycles. The summed E-state index contributed by atoms with van der Waals surface area (Å²) in [6.07, 6.45) is 5.87. The largest absolute Gasteiger partial charge is 0.327 e. The van der Waals surface area contributed by atoms with E-state index in [9.17, 15) is 4.79 Å². The van der Waals surface area contributed by atoms with Crippen LogP contribution in [0, 0.1) is 5.92 Å². The van der Waals surface area contributed by atoms with Gasteiger partial charge in [-0.25, -0.2) is 0 Å². The van der Waals surface area contributed by atoms with Crippen LogP contribution in [0.25, 0.3) is 0 Å². The molecule has 1 saturated carbocycles. The Balaban J connectivity index is 2.24. The second-order valence-electron chi connectivity index (χ2n) is 5.05. The van der Waals surface area contributed by atoms with Crippen molar-refractivity contribution in [1.82, 2.24) is 4.57 Å². The molecule has 1 fully saturated rings. The minimum absolute atomic E-state index is 0.0623. The molecule has 2 N–H and O–H groups in total. The smallest absolute Gasteiger partial charge is 0.253 e. The molecule has 1 heterocycles. The zero-order chi connectivity index (χ0) is 12.5. The van der Waals surface area contributed by atoms with Crippen molar-refractivity contribution in [2.24, 2.45) is 23.7 Å². The number of thiazole rings is 1. The van der Waals surface area contributed by atoms with E-state index >= 15 is 0 Å². The van der Waals surface area contributed by atoms with Crippen molar-refractivity contribution in [2.45, 2.75) is 38.1 Å². The van der Waals surface area contributed by atoms with Gasteiger partial charge in [0.1, 0.15) is 0 Å². The predicted octanol–water partition coefficient (Wildman–Crippen LogP) is 1.42. The Labute approximate surface area is 105 Å².